The predicted molar refractivity (Wildman–Crippen MR) is 84.2 cm³/mol. The number of ether oxygens (including phenoxy) is 2. The van der Waals surface area contributed by atoms with Crippen LogP contribution >= 0.6 is 0 Å². The van der Waals surface area contributed by atoms with Crippen molar-refractivity contribution in [3.8, 4) is 0 Å². The summed E-state index contributed by atoms with van der Waals surface area (Å²) in [7, 11) is 0. The first-order chi connectivity index (χ1) is 10.4. The lowest BCUT2D eigenvalue weighted by atomic mass is 9.80. The molecule has 0 saturated heterocycles. The molecule has 1 aromatic carbocycles. The van der Waals surface area contributed by atoms with E-state index in [1.54, 1.807) is 27.7 Å². The van der Waals surface area contributed by atoms with Gasteiger partial charge in [0, 0.05) is 6.04 Å². The number of hydrogen-bond donors (Lipinski definition) is 1. The van der Waals surface area contributed by atoms with Crippen molar-refractivity contribution in [3.63, 3.8) is 0 Å². The van der Waals surface area contributed by atoms with Crippen LogP contribution in [0.5, 0.6) is 0 Å². The fraction of sp³-hybridized carbons (Fsp3) is 0.529. The quantitative estimate of drug-likeness (QED) is 0.747. The summed E-state index contributed by atoms with van der Waals surface area (Å²) < 4.78 is 10.1. The van der Waals surface area contributed by atoms with Gasteiger partial charge < -0.3 is 9.47 Å². The molecule has 122 valence electrons. The molecule has 1 unspecified atom stereocenters. The summed E-state index contributed by atoms with van der Waals surface area (Å²) in [6.45, 7) is 7.84. The number of nitrogens with one attached hydrogen (secondary N) is 1. The van der Waals surface area contributed by atoms with Gasteiger partial charge in [0.25, 0.3) is 0 Å². The van der Waals surface area contributed by atoms with E-state index in [1.807, 2.05) is 30.3 Å². The van der Waals surface area contributed by atoms with Gasteiger partial charge in [-0.15, -0.1) is 0 Å². The zero-order valence-electron chi connectivity index (χ0n) is 13.7. The summed E-state index contributed by atoms with van der Waals surface area (Å²) in [4.78, 5) is 23.9. The Morgan fingerprint density at radius 2 is 1.68 bits per heavy atom. The van der Waals surface area contributed by atoms with Crippen LogP contribution < -0.4 is 5.32 Å². The zero-order chi connectivity index (χ0) is 16.6. The minimum atomic E-state index is -0.816. The summed E-state index contributed by atoms with van der Waals surface area (Å²) in [5.41, 5.74) is 0.106. The smallest absolute Gasteiger partial charge is 0.319 e. The molecule has 0 radical (unpaired) electrons. The largest absolute Gasteiger partial charge is 0.466 e. The molecule has 5 heteroatoms. The minimum Gasteiger partial charge on any atom is -0.466 e. The Kier molecular flexibility index (Phi) is 7.05. The van der Waals surface area contributed by atoms with Gasteiger partial charge in [0.05, 0.1) is 25.2 Å². The van der Waals surface area contributed by atoms with E-state index in [4.69, 9.17) is 9.47 Å². The third-order valence-electron chi connectivity index (χ3n) is 3.41. The maximum atomic E-state index is 12.3. The number of hydrogen-bond acceptors (Lipinski definition) is 5. The molecule has 0 fully saturated rings. The van der Waals surface area contributed by atoms with Crippen molar-refractivity contribution in [2.75, 3.05) is 19.8 Å². The van der Waals surface area contributed by atoms with Crippen molar-refractivity contribution in [2.24, 2.45) is 5.41 Å². The Hall–Kier alpha value is -1.88. The van der Waals surface area contributed by atoms with Crippen molar-refractivity contribution in [1.82, 2.24) is 5.32 Å². The molecule has 0 aliphatic rings. The van der Waals surface area contributed by atoms with Gasteiger partial charge in [-0.2, -0.15) is 0 Å². The maximum Gasteiger partial charge on any atom is 0.319 e. The highest BCUT2D eigenvalue weighted by Gasteiger charge is 2.39. The van der Waals surface area contributed by atoms with Crippen LogP contribution in [0, 0.1) is 5.41 Å². The van der Waals surface area contributed by atoms with Gasteiger partial charge in [-0.1, -0.05) is 30.3 Å². The Morgan fingerprint density at radius 3 is 2.23 bits per heavy atom. The number of carbonyl (C=O) groups excluding carboxylic acids is 2. The third-order valence-corrected chi connectivity index (χ3v) is 3.41. The molecule has 1 aromatic rings. The van der Waals surface area contributed by atoms with Crippen LogP contribution in [-0.2, 0) is 19.1 Å². The van der Waals surface area contributed by atoms with Crippen LogP contribution in [0.4, 0.5) is 0 Å². The van der Waals surface area contributed by atoms with Crippen LogP contribution in [0.25, 0.3) is 0 Å². The first-order valence-electron chi connectivity index (χ1n) is 7.54. The molecule has 0 saturated carbocycles. The monoisotopic (exact) mass is 307 g/mol. The Morgan fingerprint density at radius 1 is 1.09 bits per heavy atom. The Labute approximate surface area is 132 Å². The maximum absolute atomic E-state index is 12.3. The van der Waals surface area contributed by atoms with Crippen molar-refractivity contribution >= 4 is 11.9 Å². The lowest BCUT2D eigenvalue weighted by Crippen LogP contribution is -2.42. The molecule has 0 aliphatic heterocycles. The molecule has 5 nitrogen and oxygen atoms in total. The van der Waals surface area contributed by atoms with Gasteiger partial charge >= 0.3 is 11.9 Å². The molecule has 0 heterocycles. The molecule has 0 amide bonds. The first kappa shape index (κ1) is 18.2. The Balaban J connectivity index is 2.96. The minimum absolute atomic E-state index is 0.0379. The van der Waals surface area contributed by atoms with Gasteiger partial charge in [-0.3, -0.25) is 14.9 Å². The van der Waals surface area contributed by atoms with Crippen molar-refractivity contribution in [3.05, 3.63) is 35.9 Å². The second kappa shape index (κ2) is 8.54. The molecule has 1 N–H and O–H groups in total. The lowest BCUT2D eigenvalue weighted by molar-refractivity contribution is -0.156. The van der Waals surface area contributed by atoms with Gasteiger partial charge in [-0.25, -0.2) is 0 Å². The van der Waals surface area contributed by atoms with Crippen LogP contribution in [0.15, 0.2) is 30.3 Å². The van der Waals surface area contributed by atoms with E-state index in [0.717, 1.165) is 5.56 Å². The van der Waals surface area contributed by atoms with E-state index in [2.05, 4.69) is 5.32 Å². The summed E-state index contributed by atoms with van der Waals surface area (Å²) in [5, 5.41) is 3.12. The van der Waals surface area contributed by atoms with E-state index in [9.17, 15) is 9.59 Å². The molecule has 0 aliphatic carbocycles. The molecule has 1 atom stereocenters. The van der Waals surface area contributed by atoms with E-state index in [0.29, 0.717) is 13.2 Å². The van der Waals surface area contributed by atoms with E-state index < -0.39 is 5.41 Å². The molecular weight excluding hydrogens is 282 g/mol. The average Bonchev–Trinajstić information content (AvgIpc) is 2.49. The molecule has 22 heavy (non-hydrogen) atoms. The SMILES string of the molecule is CCOC(=O)CNC(c1ccccc1)C(C)(C)C(=O)OCC. The topological polar surface area (TPSA) is 64.6 Å². The van der Waals surface area contributed by atoms with E-state index in [-0.39, 0.29) is 24.5 Å². The number of carbonyl (C=O) groups is 2. The van der Waals surface area contributed by atoms with Gasteiger partial charge in [0.2, 0.25) is 0 Å². The second-order valence-corrected chi connectivity index (χ2v) is 5.47. The lowest BCUT2D eigenvalue weighted by Gasteiger charge is -2.33. The number of esters is 2. The number of rotatable bonds is 8. The van der Waals surface area contributed by atoms with Crippen LogP contribution in [-0.4, -0.2) is 31.7 Å². The molecule has 0 spiro atoms. The second-order valence-electron chi connectivity index (χ2n) is 5.47. The summed E-state index contributed by atoms with van der Waals surface area (Å²) in [6, 6.07) is 9.19. The average molecular weight is 307 g/mol. The first-order valence-corrected chi connectivity index (χ1v) is 7.54. The molecule has 0 aromatic heterocycles. The molecule has 0 bridgehead atoms. The fourth-order valence-electron chi connectivity index (χ4n) is 2.27. The van der Waals surface area contributed by atoms with E-state index in [1.165, 1.54) is 0 Å². The van der Waals surface area contributed by atoms with E-state index >= 15 is 0 Å². The van der Waals surface area contributed by atoms with Crippen LogP contribution in [0.3, 0.4) is 0 Å². The van der Waals surface area contributed by atoms with Gasteiger partial charge in [-0.05, 0) is 33.3 Å². The highest BCUT2D eigenvalue weighted by Crippen LogP contribution is 2.34. The molecular formula is C17H25NO4. The normalized spacial score (nSPS) is 12.5. The summed E-state index contributed by atoms with van der Waals surface area (Å²) >= 11 is 0. The Bertz CT molecular complexity index is 485. The zero-order valence-corrected chi connectivity index (χ0v) is 13.7. The fourth-order valence-corrected chi connectivity index (χ4v) is 2.27. The van der Waals surface area contributed by atoms with Crippen molar-refractivity contribution in [2.45, 2.75) is 33.7 Å². The highest BCUT2D eigenvalue weighted by molar-refractivity contribution is 5.77. The van der Waals surface area contributed by atoms with Gasteiger partial charge in [0.1, 0.15) is 0 Å². The molecule has 1 rings (SSSR count). The summed E-state index contributed by atoms with van der Waals surface area (Å²) in [5.74, 6) is -0.650. The standard InChI is InChI=1S/C17H25NO4/c1-5-21-14(19)12-18-15(13-10-8-7-9-11-13)17(3,4)16(20)22-6-2/h7-11,15,18H,5-6,12H2,1-4H3. The van der Waals surface area contributed by atoms with Crippen LogP contribution in [0.2, 0.25) is 0 Å². The van der Waals surface area contributed by atoms with Crippen molar-refractivity contribution < 1.29 is 19.1 Å². The summed E-state index contributed by atoms with van der Waals surface area (Å²) in [6.07, 6.45) is 0. The third kappa shape index (κ3) is 4.84. The van der Waals surface area contributed by atoms with Crippen LogP contribution in [0.1, 0.15) is 39.3 Å². The predicted octanol–water partition coefficient (Wildman–Crippen LogP) is 2.47. The van der Waals surface area contributed by atoms with Gasteiger partial charge in [0.15, 0.2) is 0 Å². The van der Waals surface area contributed by atoms with Crippen molar-refractivity contribution in [1.29, 1.82) is 0 Å². The highest BCUT2D eigenvalue weighted by atomic mass is 16.5. The number of benzene rings is 1.